The second kappa shape index (κ2) is 2.55. The topological polar surface area (TPSA) is 50.2 Å². The molecule has 0 radical (unpaired) electrons. The van der Waals surface area contributed by atoms with Gasteiger partial charge in [0.2, 0.25) is 0 Å². The molecule has 2 unspecified atom stereocenters. The Bertz CT molecular complexity index is 336. The Morgan fingerprint density at radius 1 is 1.69 bits per heavy atom. The van der Waals surface area contributed by atoms with Crippen LogP contribution in [-0.4, -0.2) is 16.1 Å². The van der Waals surface area contributed by atoms with Gasteiger partial charge in [-0.15, -0.1) is 0 Å². The number of carbonyl (C=O) groups is 1. The van der Waals surface area contributed by atoms with Gasteiger partial charge in [0.1, 0.15) is 0 Å². The van der Waals surface area contributed by atoms with Crippen LogP contribution in [0.2, 0.25) is 0 Å². The molecular weight excluding hydrogens is 166 g/mol. The molecule has 68 valence electrons. The Hall–Kier alpha value is -1.38. The third kappa shape index (κ3) is 1.20. The lowest BCUT2D eigenvalue weighted by molar-refractivity contribution is -0.142. The van der Waals surface area contributed by atoms with E-state index in [2.05, 4.69) is 4.98 Å². The second-order valence-corrected chi connectivity index (χ2v) is 3.73. The fourth-order valence-electron chi connectivity index (χ4n) is 1.61. The van der Waals surface area contributed by atoms with Crippen LogP contribution in [0.15, 0.2) is 24.4 Å². The Labute approximate surface area is 76.4 Å². The van der Waals surface area contributed by atoms with Gasteiger partial charge in [0.25, 0.3) is 0 Å². The Morgan fingerprint density at radius 2 is 2.46 bits per heavy atom. The molecule has 1 saturated carbocycles. The molecular formula is C10H11NO2. The molecule has 3 heteroatoms. The van der Waals surface area contributed by atoms with E-state index in [0.717, 1.165) is 5.69 Å². The molecule has 1 aromatic rings. The molecule has 0 spiro atoms. The highest BCUT2D eigenvalue weighted by Gasteiger charge is 2.57. The van der Waals surface area contributed by atoms with Crippen LogP contribution in [-0.2, 0) is 4.79 Å². The molecule has 1 aliphatic carbocycles. The molecule has 1 aliphatic rings. The van der Waals surface area contributed by atoms with E-state index >= 15 is 0 Å². The molecule has 0 aromatic carbocycles. The van der Waals surface area contributed by atoms with Crippen molar-refractivity contribution in [3.05, 3.63) is 30.1 Å². The van der Waals surface area contributed by atoms with Gasteiger partial charge in [-0.05, 0) is 25.5 Å². The Morgan fingerprint density at radius 3 is 2.92 bits per heavy atom. The number of carboxylic acid groups (broad SMARTS) is 1. The molecule has 1 fully saturated rings. The minimum atomic E-state index is -0.719. The molecule has 0 bridgehead atoms. The Balaban J connectivity index is 2.21. The maximum atomic E-state index is 10.8. The predicted molar refractivity (Wildman–Crippen MR) is 47.3 cm³/mol. The lowest BCUT2D eigenvalue weighted by atomic mass is 10.1. The average Bonchev–Trinajstić information content (AvgIpc) is 2.81. The van der Waals surface area contributed by atoms with Crippen molar-refractivity contribution in [3.8, 4) is 0 Å². The quantitative estimate of drug-likeness (QED) is 0.747. The molecule has 13 heavy (non-hydrogen) atoms. The summed E-state index contributed by atoms with van der Waals surface area (Å²) in [6, 6.07) is 5.62. The molecule has 0 amide bonds. The maximum Gasteiger partial charge on any atom is 0.310 e. The number of nitrogens with zero attached hydrogens (tertiary/aromatic N) is 1. The van der Waals surface area contributed by atoms with Gasteiger partial charge < -0.3 is 5.11 Å². The summed E-state index contributed by atoms with van der Waals surface area (Å²) in [7, 11) is 0. The number of carboxylic acids is 1. The summed E-state index contributed by atoms with van der Waals surface area (Å²) in [5.74, 6) is -0.616. The van der Waals surface area contributed by atoms with Gasteiger partial charge in [0.05, 0.1) is 5.41 Å². The van der Waals surface area contributed by atoms with Crippen LogP contribution < -0.4 is 0 Å². The smallest absolute Gasteiger partial charge is 0.310 e. The van der Waals surface area contributed by atoms with E-state index in [1.807, 2.05) is 18.2 Å². The standard InChI is InChI=1S/C10H11NO2/c1-10(9(12)13)6-7(10)8-4-2-3-5-11-8/h2-5,7H,6H2,1H3,(H,12,13). The average molecular weight is 177 g/mol. The van der Waals surface area contributed by atoms with Crippen LogP contribution in [0.3, 0.4) is 0 Å². The molecule has 1 aromatic heterocycles. The molecule has 1 heterocycles. The van der Waals surface area contributed by atoms with Crippen LogP contribution in [0.25, 0.3) is 0 Å². The van der Waals surface area contributed by atoms with Gasteiger partial charge in [-0.25, -0.2) is 0 Å². The lowest BCUT2D eigenvalue weighted by Gasteiger charge is -2.03. The first-order valence-corrected chi connectivity index (χ1v) is 4.29. The van der Waals surface area contributed by atoms with Gasteiger partial charge in [-0.1, -0.05) is 6.07 Å². The van der Waals surface area contributed by atoms with Crippen molar-refractivity contribution in [2.45, 2.75) is 19.3 Å². The van der Waals surface area contributed by atoms with Gasteiger partial charge in [-0.2, -0.15) is 0 Å². The lowest BCUT2D eigenvalue weighted by Crippen LogP contribution is -2.12. The second-order valence-electron chi connectivity index (χ2n) is 3.73. The van der Waals surface area contributed by atoms with E-state index in [4.69, 9.17) is 5.11 Å². The highest BCUT2D eigenvalue weighted by Crippen LogP contribution is 2.58. The van der Waals surface area contributed by atoms with Crippen LogP contribution in [0.4, 0.5) is 0 Å². The number of rotatable bonds is 2. The molecule has 1 N–H and O–H groups in total. The summed E-state index contributed by atoms with van der Waals surface area (Å²) in [4.78, 5) is 15.0. The van der Waals surface area contributed by atoms with Gasteiger partial charge >= 0.3 is 5.97 Å². The maximum absolute atomic E-state index is 10.8. The van der Waals surface area contributed by atoms with E-state index in [1.54, 1.807) is 13.1 Å². The first-order chi connectivity index (χ1) is 6.14. The molecule has 0 aliphatic heterocycles. The predicted octanol–water partition coefficient (Wildman–Crippen LogP) is 1.66. The van der Waals surface area contributed by atoms with E-state index in [9.17, 15) is 4.79 Å². The summed E-state index contributed by atoms with van der Waals surface area (Å²) in [6.07, 6.45) is 2.41. The molecule has 2 atom stereocenters. The largest absolute Gasteiger partial charge is 0.481 e. The van der Waals surface area contributed by atoms with E-state index < -0.39 is 11.4 Å². The fourth-order valence-corrected chi connectivity index (χ4v) is 1.61. The van der Waals surface area contributed by atoms with Crippen molar-refractivity contribution in [3.63, 3.8) is 0 Å². The van der Waals surface area contributed by atoms with E-state index in [0.29, 0.717) is 6.42 Å². The van der Waals surface area contributed by atoms with Gasteiger partial charge in [-0.3, -0.25) is 9.78 Å². The third-order valence-corrected chi connectivity index (χ3v) is 2.77. The fraction of sp³-hybridized carbons (Fsp3) is 0.400. The van der Waals surface area contributed by atoms with Crippen LogP contribution >= 0.6 is 0 Å². The Kier molecular flexibility index (Phi) is 1.62. The highest BCUT2D eigenvalue weighted by molar-refractivity contribution is 5.79. The SMILES string of the molecule is CC1(C(=O)O)CC1c1ccccn1. The first kappa shape index (κ1) is 8.23. The number of aromatic nitrogens is 1. The zero-order chi connectivity index (χ0) is 9.47. The van der Waals surface area contributed by atoms with Crippen molar-refractivity contribution in [1.29, 1.82) is 0 Å². The third-order valence-electron chi connectivity index (χ3n) is 2.77. The monoisotopic (exact) mass is 177 g/mol. The minimum absolute atomic E-state index is 0.103. The van der Waals surface area contributed by atoms with Crippen molar-refractivity contribution >= 4 is 5.97 Å². The van der Waals surface area contributed by atoms with Crippen molar-refractivity contribution in [2.75, 3.05) is 0 Å². The number of aliphatic carboxylic acids is 1. The van der Waals surface area contributed by atoms with E-state index in [1.165, 1.54) is 0 Å². The minimum Gasteiger partial charge on any atom is -0.481 e. The first-order valence-electron chi connectivity index (χ1n) is 4.29. The zero-order valence-corrected chi connectivity index (χ0v) is 7.40. The van der Waals surface area contributed by atoms with Crippen LogP contribution in [0.1, 0.15) is 25.0 Å². The normalized spacial score (nSPS) is 31.3. The molecule has 0 saturated heterocycles. The number of hydrogen-bond donors (Lipinski definition) is 1. The van der Waals surface area contributed by atoms with Crippen LogP contribution in [0, 0.1) is 5.41 Å². The molecule has 2 rings (SSSR count). The summed E-state index contributed by atoms with van der Waals surface area (Å²) < 4.78 is 0. The summed E-state index contributed by atoms with van der Waals surface area (Å²) >= 11 is 0. The van der Waals surface area contributed by atoms with E-state index in [-0.39, 0.29) is 5.92 Å². The summed E-state index contributed by atoms with van der Waals surface area (Å²) in [6.45, 7) is 1.77. The van der Waals surface area contributed by atoms with Crippen molar-refractivity contribution < 1.29 is 9.90 Å². The van der Waals surface area contributed by atoms with Gasteiger partial charge in [0, 0.05) is 17.8 Å². The summed E-state index contributed by atoms with van der Waals surface area (Å²) in [5, 5.41) is 8.92. The highest BCUT2D eigenvalue weighted by atomic mass is 16.4. The van der Waals surface area contributed by atoms with Crippen LogP contribution in [0.5, 0.6) is 0 Å². The number of hydrogen-bond acceptors (Lipinski definition) is 2. The summed E-state index contributed by atoms with van der Waals surface area (Å²) in [5.41, 5.74) is 0.321. The molecule has 3 nitrogen and oxygen atoms in total. The zero-order valence-electron chi connectivity index (χ0n) is 7.40. The van der Waals surface area contributed by atoms with Gasteiger partial charge in [0.15, 0.2) is 0 Å². The number of pyridine rings is 1. The van der Waals surface area contributed by atoms with Crippen molar-refractivity contribution in [1.82, 2.24) is 4.98 Å². The van der Waals surface area contributed by atoms with Crippen molar-refractivity contribution in [2.24, 2.45) is 5.41 Å².